The van der Waals surface area contributed by atoms with Gasteiger partial charge in [-0.25, -0.2) is 18.7 Å². The van der Waals surface area contributed by atoms with Gasteiger partial charge in [-0.05, 0) is 19.8 Å². The molecular formula is C14H18ClF5N4O. The number of amides is 1. The number of hydrazine groups is 1. The maximum absolute atomic E-state index is 13.0. The monoisotopic (exact) mass is 388 g/mol. The van der Waals surface area contributed by atoms with E-state index in [4.69, 9.17) is 11.6 Å². The number of rotatable bonds is 8. The summed E-state index contributed by atoms with van der Waals surface area (Å²) >= 11 is 5.72. The maximum Gasteiger partial charge on any atom is 0.392 e. The molecule has 1 amide bonds. The van der Waals surface area contributed by atoms with E-state index < -0.39 is 42.7 Å². The smallest absolute Gasteiger partial charge is 0.279 e. The van der Waals surface area contributed by atoms with Crippen LogP contribution in [0.3, 0.4) is 0 Å². The minimum Gasteiger partial charge on any atom is -0.279 e. The van der Waals surface area contributed by atoms with Gasteiger partial charge in [-0.3, -0.25) is 15.6 Å². The Morgan fingerprint density at radius 3 is 2.32 bits per heavy atom. The summed E-state index contributed by atoms with van der Waals surface area (Å²) < 4.78 is 65.1. The van der Waals surface area contributed by atoms with Crippen LogP contribution in [0.15, 0.2) is 12.4 Å². The second-order valence-corrected chi connectivity index (χ2v) is 6.02. The van der Waals surface area contributed by atoms with Crippen molar-refractivity contribution in [3.63, 3.8) is 0 Å². The molecule has 1 aromatic heterocycles. The Morgan fingerprint density at radius 1 is 1.24 bits per heavy atom. The van der Waals surface area contributed by atoms with E-state index in [2.05, 4.69) is 20.8 Å². The third-order valence-corrected chi connectivity index (χ3v) is 3.73. The molecule has 0 aromatic carbocycles. The van der Waals surface area contributed by atoms with E-state index in [-0.39, 0.29) is 17.4 Å². The van der Waals surface area contributed by atoms with Crippen molar-refractivity contribution < 1.29 is 26.7 Å². The first-order chi connectivity index (χ1) is 11.4. The van der Waals surface area contributed by atoms with Crippen LogP contribution in [0.1, 0.15) is 33.1 Å². The molecule has 2 N–H and O–H groups in total. The molecule has 11 heteroatoms. The molecule has 0 aliphatic carbocycles. The molecule has 25 heavy (non-hydrogen) atoms. The van der Waals surface area contributed by atoms with Gasteiger partial charge >= 0.3 is 6.18 Å². The van der Waals surface area contributed by atoms with Crippen LogP contribution in [0.4, 0.5) is 27.8 Å². The SMILES string of the molecule is CCC(CC(CC(C)(F)F)C(F)(F)F)C(=O)NNc1nccnc1Cl. The van der Waals surface area contributed by atoms with E-state index in [1.807, 2.05) is 0 Å². The van der Waals surface area contributed by atoms with Crippen molar-refractivity contribution >= 4 is 23.3 Å². The Kier molecular flexibility index (Phi) is 7.33. The summed E-state index contributed by atoms with van der Waals surface area (Å²) in [5, 5.41) is -0.0466. The van der Waals surface area contributed by atoms with Crippen molar-refractivity contribution in [2.75, 3.05) is 5.43 Å². The zero-order valence-electron chi connectivity index (χ0n) is 13.5. The summed E-state index contributed by atoms with van der Waals surface area (Å²) in [6, 6.07) is 0. The van der Waals surface area contributed by atoms with Crippen molar-refractivity contribution in [2.45, 2.75) is 45.2 Å². The number of nitrogens with one attached hydrogen (secondary N) is 2. The first kappa shape index (κ1) is 21.3. The highest BCUT2D eigenvalue weighted by molar-refractivity contribution is 6.31. The van der Waals surface area contributed by atoms with Crippen LogP contribution in [0.25, 0.3) is 0 Å². The zero-order valence-corrected chi connectivity index (χ0v) is 14.3. The predicted octanol–water partition coefficient (Wildman–Crippen LogP) is 4.21. The van der Waals surface area contributed by atoms with Crippen molar-refractivity contribution in [1.29, 1.82) is 0 Å². The van der Waals surface area contributed by atoms with Crippen molar-refractivity contribution in [3.8, 4) is 0 Å². The molecule has 1 rings (SSSR count). The van der Waals surface area contributed by atoms with Crippen LogP contribution in [-0.2, 0) is 4.79 Å². The van der Waals surface area contributed by atoms with Crippen LogP contribution in [-0.4, -0.2) is 28.0 Å². The third-order valence-electron chi connectivity index (χ3n) is 3.46. The summed E-state index contributed by atoms with van der Waals surface area (Å²) in [5.74, 6) is -7.65. The topological polar surface area (TPSA) is 66.9 Å². The van der Waals surface area contributed by atoms with Crippen LogP contribution < -0.4 is 10.9 Å². The summed E-state index contributed by atoms with van der Waals surface area (Å²) in [6.07, 6.45) is -4.29. The lowest BCUT2D eigenvalue weighted by molar-refractivity contribution is -0.197. The van der Waals surface area contributed by atoms with E-state index in [0.29, 0.717) is 6.92 Å². The molecule has 0 fully saturated rings. The Morgan fingerprint density at radius 2 is 1.84 bits per heavy atom. The molecule has 1 heterocycles. The van der Waals surface area contributed by atoms with Gasteiger partial charge in [-0.1, -0.05) is 18.5 Å². The number of nitrogens with zero attached hydrogens (tertiary/aromatic N) is 2. The van der Waals surface area contributed by atoms with Gasteiger partial charge in [0.1, 0.15) is 0 Å². The van der Waals surface area contributed by atoms with Crippen LogP contribution >= 0.6 is 11.6 Å². The summed E-state index contributed by atoms with van der Waals surface area (Å²) in [5.41, 5.74) is 4.53. The van der Waals surface area contributed by atoms with E-state index >= 15 is 0 Å². The fourth-order valence-corrected chi connectivity index (χ4v) is 2.35. The molecule has 1 aromatic rings. The van der Waals surface area contributed by atoms with Gasteiger partial charge in [0.25, 0.3) is 0 Å². The van der Waals surface area contributed by atoms with E-state index in [1.54, 1.807) is 0 Å². The second kappa shape index (κ2) is 8.59. The molecule has 0 bridgehead atoms. The normalized spacial score (nSPS) is 14.7. The Bertz CT molecular complexity index is 579. The molecule has 142 valence electrons. The van der Waals surface area contributed by atoms with Gasteiger partial charge in [-0.2, -0.15) is 13.2 Å². The molecule has 0 radical (unpaired) electrons. The Hall–Kier alpha value is -1.71. The number of hydrogen-bond donors (Lipinski definition) is 2. The van der Waals surface area contributed by atoms with Crippen molar-refractivity contribution in [1.82, 2.24) is 15.4 Å². The molecule has 0 saturated carbocycles. The lowest BCUT2D eigenvalue weighted by Crippen LogP contribution is -2.39. The second-order valence-electron chi connectivity index (χ2n) is 5.66. The van der Waals surface area contributed by atoms with Crippen molar-refractivity contribution in [3.05, 3.63) is 17.5 Å². The standard InChI is InChI=1S/C14H18ClF5N4O/c1-3-8(6-9(14(18,19)20)7-13(2,16)17)12(25)24-23-11-10(15)21-4-5-22-11/h4-5,8-9H,3,6-7H2,1-2H3,(H,22,23)(H,24,25). The summed E-state index contributed by atoms with van der Waals surface area (Å²) in [6.45, 7) is 1.92. The molecular weight excluding hydrogens is 371 g/mol. The van der Waals surface area contributed by atoms with Gasteiger partial charge < -0.3 is 0 Å². The third kappa shape index (κ3) is 7.37. The molecule has 0 aliphatic heterocycles. The maximum atomic E-state index is 13.0. The Labute approximate surface area is 146 Å². The van der Waals surface area contributed by atoms with E-state index in [1.165, 1.54) is 19.3 Å². The first-order valence-electron chi connectivity index (χ1n) is 7.41. The van der Waals surface area contributed by atoms with Crippen LogP contribution in [0, 0.1) is 11.8 Å². The lowest BCUT2D eigenvalue weighted by Gasteiger charge is -2.26. The minimum atomic E-state index is -4.82. The molecule has 2 atom stereocenters. The van der Waals surface area contributed by atoms with Crippen LogP contribution in [0.5, 0.6) is 0 Å². The fraction of sp³-hybridized carbons (Fsp3) is 0.643. The van der Waals surface area contributed by atoms with E-state index in [9.17, 15) is 26.7 Å². The number of carbonyl (C=O) groups is 1. The van der Waals surface area contributed by atoms with Gasteiger partial charge in [0.15, 0.2) is 11.0 Å². The highest BCUT2D eigenvalue weighted by Gasteiger charge is 2.45. The van der Waals surface area contributed by atoms with Gasteiger partial charge in [0.2, 0.25) is 11.8 Å². The zero-order chi connectivity index (χ0) is 19.3. The largest absolute Gasteiger partial charge is 0.392 e. The molecule has 0 saturated heterocycles. The van der Waals surface area contributed by atoms with Crippen LogP contribution in [0.2, 0.25) is 5.15 Å². The summed E-state index contributed by atoms with van der Waals surface area (Å²) in [7, 11) is 0. The van der Waals surface area contributed by atoms with Gasteiger partial charge in [0, 0.05) is 24.7 Å². The van der Waals surface area contributed by atoms with Crippen molar-refractivity contribution in [2.24, 2.45) is 11.8 Å². The number of carbonyl (C=O) groups excluding carboxylic acids is 1. The number of hydrogen-bond acceptors (Lipinski definition) is 4. The fourth-order valence-electron chi connectivity index (χ4n) is 2.20. The average Bonchev–Trinajstić information content (AvgIpc) is 2.48. The number of anilines is 1. The highest BCUT2D eigenvalue weighted by Crippen LogP contribution is 2.39. The molecule has 0 spiro atoms. The van der Waals surface area contributed by atoms with E-state index in [0.717, 1.165) is 0 Å². The highest BCUT2D eigenvalue weighted by atomic mass is 35.5. The molecule has 2 unspecified atom stereocenters. The summed E-state index contributed by atoms with van der Waals surface area (Å²) in [4.78, 5) is 19.6. The quantitative estimate of drug-likeness (QED) is 0.517. The molecule has 5 nitrogen and oxygen atoms in total. The number of halogens is 6. The number of alkyl halides is 5. The van der Waals surface area contributed by atoms with Gasteiger partial charge in [-0.15, -0.1) is 0 Å². The lowest BCUT2D eigenvalue weighted by atomic mass is 9.87. The average molecular weight is 389 g/mol. The molecule has 0 aliphatic rings. The number of aromatic nitrogens is 2. The van der Waals surface area contributed by atoms with Gasteiger partial charge in [0.05, 0.1) is 5.92 Å². The Balaban J connectivity index is 2.75. The minimum absolute atomic E-state index is 0.0137. The first-order valence-corrected chi connectivity index (χ1v) is 7.78. The predicted molar refractivity (Wildman–Crippen MR) is 82.0 cm³/mol.